The Labute approximate surface area is 131 Å². The van der Waals surface area contributed by atoms with Gasteiger partial charge in [0.05, 0.1) is 7.11 Å². The lowest BCUT2D eigenvalue weighted by molar-refractivity contribution is -0.173. The summed E-state index contributed by atoms with van der Waals surface area (Å²) in [6, 6.07) is 7.85. The van der Waals surface area contributed by atoms with Gasteiger partial charge in [0.2, 0.25) is 0 Å². The van der Waals surface area contributed by atoms with Gasteiger partial charge in [0, 0.05) is 6.42 Å². The van der Waals surface area contributed by atoms with E-state index < -0.39 is 5.60 Å². The summed E-state index contributed by atoms with van der Waals surface area (Å²) in [4.78, 5) is 23.6. The molecule has 1 unspecified atom stereocenters. The summed E-state index contributed by atoms with van der Waals surface area (Å²) < 4.78 is 10.8. The van der Waals surface area contributed by atoms with Crippen LogP contribution in [-0.2, 0) is 20.7 Å². The first kappa shape index (κ1) is 16.5. The molecule has 0 radical (unpaired) electrons. The number of carbonyl (C=O) groups is 2. The number of rotatable bonds is 6. The highest BCUT2D eigenvalue weighted by Gasteiger charge is 2.41. The molecule has 0 aliphatic carbocycles. The van der Waals surface area contributed by atoms with Gasteiger partial charge in [-0.15, -0.1) is 0 Å². The first-order valence-corrected chi connectivity index (χ1v) is 7.79. The Kier molecular flexibility index (Phi) is 5.22. The monoisotopic (exact) mass is 304 g/mol. The van der Waals surface area contributed by atoms with E-state index in [1.807, 2.05) is 24.3 Å². The topological polar surface area (TPSA) is 52.6 Å². The number of ketones is 1. The lowest BCUT2D eigenvalue weighted by Crippen LogP contribution is -2.44. The summed E-state index contributed by atoms with van der Waals surface area (Å²) >= 11 is 0. The summed E-state index contributed by atoms with van der Waals surface area (Å²) in [5, 5.41) is 0. The van der Waals surface area contributed by atoms with Gasteiger partial charge in [-0.2, -0.15) is 0 Å². The number of hydrogen-bond acceptors (Lipinski definition) is 4. The Bertz CT molecular complexity index is 515. The molecular weight excluding hydrogens is 280 g/mol. The van der Waals surface area contributed by atoms with Crippen LogP contribution in [0.3, 0.4) is 0 Å². The minimum absolute atomic E-state index is 0.00775. The van der Waals surface area contributed by atoms with E-state index in [-0.39, 0.29) is 18.2 Å². The summed E-state index contributed by atoms with van der Waals surface area (Å²) in [7, 11) is 1.64. The number of esters is 1. The van der Waals surface area contributed by atoms with E-state index in [0.29, 0.717) is 18.8 Å². The van der Waals surface area contributed by atoms with E-state index in [1.165, 1.54) is 0 Å². The third-order valence-electron chi connectivity index (χ3n) is 4.00. The van der Waals surface area contributed by atoms with Crippen LogP contribution in [0.4, 0.5) is 0 Å². The van der Waals surface area contributed by atoms with E-state index in [0.717, 1.165) is 24.2 Å². The lowest BCUT2D eigenvalue weighted by Gasteiger charge is -2.37. The van der Waals surface area contributed by atoms with Gasteiger partial charge in [-0.05, 0) is 42.9 Å². The molecular formula is C18H24O4. The lowest BCUT2D eigenvalue weighted by atomic mass is 9.81. The van der Waals surface area contributed by atoms with Crippen LogP contribution in [0.15, 0.2) is 24.3 Å². The van der Waals surface area contributed by atoms with E-state index in [4.69, 9.17) is 9.47 Å². The molecule has 1 heterocycles. The average Bonchev–Trinajstić information content (AvgIpc) is 2.44. The van der Waals surface area contributed by atoms with Crippen LogP contribution in [-0.4, -0.2) is 24.5 Å². The van der Waals surface area contributed by atoms with Crippen molar-refractivity contribution in [2.24, 2.45) is 5.92 Å². The number of benzene rings is 1. The zero-order valence-corrected chi connectivity index (χ0v) is 13.6. The maximum Gasteiger partial charge on any atom is 0.313 e. The number of Topliss-reactive ketones (excluding diaryl/α,β-unsaturated/α-hetero) is 1. The molecule has 1 aliphatic rings. The smallest absolute Gasteiger partial charge is 0.313 e. The molecule has 4 nitrogen and oxygen atoms in total. The molecule has 1 fully saturated rings. The third kappa shape index (κ3) is 4.33. The Morgan fingerprint density at radius 3 is 2.45 bits per heavy atom. The van der Waals surface area contributed by atoms with Crippen molar-refractivity contribution in [2.45, 2.75) is 51.6 Å². The standard InChI is InChI=1S/C18H24O4/c1-13(2)11-18(12-15(19)10-17(20)22-18)9-8-14-4-6-16(21-3)7-5-14/h4-7,13H,8-12H2,1-3H3. The SMILES string of the molecule is COc1ccc(CCC2(CC(C)C)CC(=O)CC(=O)O2)cc1. The van der Waals surface area contributed by atoms with Gasteiger partial charge in [0.1, 0.15) is 23.6 Å². The third-order valence-corrected chi connectivity index (χ3v) is 4.00. The van der Waals surface area contributed by atoms with Crippen LogP contribution in [0, 0.1) is 5.92 Å². The highest BCUT2D eigenvalue weighted by Crippen LogP contribution is 2.34. The molecule has 120 valence electrons. The van der Waals surface area contributed by atoms with Crippen LogP contribution < -0.4 is 4.74 Å². The Hall–Kier alpha value is -1.84. The van der Waals surface area contributed by atoms with Crippen LogP contribution in [0.5, 0.6) is 5.75 Å². The van der Waals surface area contributed by atoms with Gasteiger partial charge < -0.3 is 9.47 Å². The fraction of sp³-hybridized carbons (Fsp3) is 0.556. The maximum atomic E-state index is 11.8. The Morgan fingerprint density at radius 2 is 1.91 bits per heavy atom. The van der Waals surface area contributed by atoms with E-state index >= 15 is 0 Å². The number of aryl methyl sites for hydroxylation is 1. The molecule has 0 spiro atoms. The van der Waals surface area contributed by atoms with Gasteiger partial charge in [-0.25, -0.2) is 0 Å². The predicted molar refractivity (Wildman–Crippen MR) is 83.8 cm³/mol. The fourth-order valence-electron chi connectivity index (χ4n) is 3.16. The van der Waals surface area contributed by atoms with Gasteiger partial charge >= 0.3 is 5.97 Å². The van der Waals surface area contributed by atoms with Gasteiger partial charge in [-0.1, -0.05) is 26.0 Å². The highest BCUT2D eigenvalue weighted by atomic mass is 16.6. The van der Waals surface area contributed by atoms with Crippen LogP contribution in [0.25, 0.3) is 0 Å². The second-order valence-corrected chi connectivity index (χ2v) is 6.50. The number of methoxy groups -OCH3 is 1. The molecule has 1 atom stereocenters. The minimum Gasteiger partial charge on any atom is -0.497 e. The molecule has 22 heavy (non-hydrogen) atoms. The second-order valence-electron chi connectivity index (χ2n) is 6.50. The molecule has 2 rings (SSSR count). The predicted octanol–water partition coefficient (Wildman–Crippen LogP) is 3.32. The van der Waals surface area contributed by atoms with Crippen molar-refractivity contribution in [1.82, 2.24) is 0 Å². The zero-order chi connectivity index (χ0) is 16.2. The summed E-state index contributed by atoms with van der Waals surface area (Å²) in [6.45, 7) is 4.17. The van der Waals surface area contributed by atoms with Gasteiger partial charge in [0.15, 0.2) is 0 Å². The number of ether oxygens (including phenoxy) is 2. The van der Waals surface area contributed by atoms with E-state index in [9.17, 15) is 9.59 Å². The second kappa shape index (κ2) is 6.95. The quantitative estimate of drug-likeness (QED) is 0.597. The summed E-state index contributed by atoms with van der Waals surface area (Å²) in [5.41, 5.74) is 0.513. The van der Waals surface area contributed by atoms with E-state index in [1.54, 1.807) is 7.11 Å². The first-order valence-electron chi connectivity index (χ1n) is 7.79. The molecule has 0 amide bonds. The molecule has 1 aliphatic heterocycles. The van der Waals surface area contributed by atoms with Gasteiger partial charge in [0.25, 0.3) is 0 Å². The normalized spacial score (nSPS) is 21.8. The number of hydrogen-bond donors (Lipinski definition) is 0. The molecule has 1 saturated heterocycles. The van der Waals surface area contributed by atoms with Crippen LogP contribution in [0.1, 0.15) is 45.1 Å². The molecule has 1 aromatic carbocycles. The van der Waals surface area contributed by atoms with Crippen molar-refractivity contribution < 1.29 is 19.1 Å². The zero-order valence-electron chi connectivity index (χ0n) is 13.6. The largest absolute Gasteiger partial charge is 0.497 e. The fourth-order valence-corrected chi connectivity index (χ4v) is 3.16. The van der Waals surface area contributed by atoms with Crippen molar-refractivity contribution >= 4 is 11.8 Å². The van der Waals surface area contributed by atoms with Crippen molar-refractivity contribution in [3.8, 4) is 5.75 Å². The Morgan fingerprint density at radius 1 is 1.23 bits per heavy atom. The van der Waals surface area contributed by atoms with Crippen LogP contribution >= 0.6 is 0 Å². The van der Waals surface area contributed by atoms with E-state index in [2.05, 4.69) is 13.8 Å². The van der Waals surface area contributed by atoms with Crippen molar-refractivity contribution in [1.29, 1.82) is 0 Å². The van der Waals surface area contributed by atoms with Crippen molar-refractivity contribution in [2.75, 3.05) is 7.11 Å². The molecule has 0 bridgehead atoms. The number of cyclic esters (lactones) is 1. The minimum atomic E-state index is -0.638. The first-order chi connectivity index (χ1) is 10.4. The highest BCUT2D eigenvalue weighted by molar-refractivity contribution is 5.98. The Balaban J connectivity index is 2.08. The molecule has 4 heteroatoms. The molecule has 1 aromatic rings. The molecule has 0 aromatic heterocycles. The molecule has 0 N–H and O–H groups in total. The van der Waals surface area contributed by atoms with Crippen molar-refractivity contribution in [3.05, 3.63) is 29.8 Å². The summed E-state index contributed by atoms with van der Waals surface area (Å²) in [5.74, 6) is 0.799. The average molecular weight is 304 g/mol. The number of carbonyl (C=O) groups excluding carboxylic acids is 2. The van der Waals surface area contributed by atoms with Crippen molar-refractivity contribution in [3.63, 3.8) is 0 Å². The molecule has 0 saturated carbocycles. The summed E-state index contributed by atoms with van der Waals surface area (Å²) in [6.07, 6.45) is 2.43. The maximum absolute atomic E-state index is 11.8. The van der Waals surface area contributed by atoms with Crippen LogP contribution in [0.2, 0.25) is 0 Å². The van der Waals surface area contributed by atoms with Gasteiger partial charge in [-0.3, -0.25) is 9.59 Å².